The standard InChI is InChI=1S/C27H33NO4S/c1-27(2,3)15-19(29)16-28-21-14-22(26(30)31)33-25(21)23(17-8-6-5-7-9-17)24(28)18-10-12-20(32-4)13-11-18/h10-14,17H,5-9,15-16H2,1-4H3,(H,30,31). The Kier molecular flexibility index (Phi) is 6.66. The minimum absolute atomic E-state index is 0.100. The zero-order chi connectivity index (χ0) is 23.8. The quantitative estimate of drug-likeness (QED) is 0.401. The molecule has 1 aliphatic carbocycles. The summed E-state index contributed by atoms with van der Waals surface area (Å²) in [4.78, 5) is 25.3. The van der Waals surface area contributed by atoms with E-state index < -0.39 is 5.97 Å². The number of carboxylic acids is 1. The summed E-state index contributed by atoms with van der Waals surface area (Å²) in [5.41, 5.74) is 4.09. The van der Waals surface area contributed by atoms with Crippen LogP contribution in [0.2, 0.25) is 0 Å². The van der Waals surface area contributed by atoms with E-state index in [1.54, 1.807) is 13.2 Å². The second kappa shape index (κ2) is 9.34. The summed E-state index contributed by atoms with van der Waals surface area (Å²) in [6.45, 7) is 6.46. The molecule has 0 amide bonds. The molecule has 1 aliphatic rings. The highest BCUT2D eigenvalue weighted by molar-refractivity contribution is 7.21. The highest BCUT2D eigenvalue weighted by Crippen LogP contribution is 2.47. The Labute approximate surface area is 199 Å². The fourth-order valence-electron chi connectivity index (χ4n) is 5.07. The molecule has 0 spiro atoms. The van der Waals surface area contributed by atoms with E-state index in [1.807, 2.05) is 24.3 Å². The van der Waals surface area contributed by atoms with E-state index in [2.05, 4.69) is 25.3 Å². The van der Waals surface area contributed by atoms with Crippen LogP contribution in [-0.4, -0.2) is 28.5 Å². The number of nitrogens with zero attached hydrogens (tertiary/aromatic N) is 1. The van der Waals surface area contributed by atoms with Crippen molar-refractivity contribution in [1.29, 1.82) is 0 Å². The predicted octanol–water partition coefficient (Wildman–Crippen LogP) is 7.13. The zero-order valence-electron chi connectivity index (χ0n) is 19.9. The Bertz CT molecular complexity index is 1160. The van der Waals surface area contributed by atoms with Gasteiger partial charge in [0, 0.05) is 6.42 Å². The first kappa shape index (κ1) is 23.6. The second-order valence-corrected chi connectivity index (χ2v) is 11.4. The molecule has 0 unspecified atom stereocenters. The van der Waals surface area contributed by atoms with E-state index >= 15 is 0 Å². The molecule has 1 N–H and O–H groups in total. The third kappa shape index (κ3) is 5.01. The molecule has 1 aromatic carbocycles. The SMILES string of the molecule is COc1ccc(-c2c(C3CCCCC3)c3sc(C(=O)O)cc3n2CC(=O)CC(C)(C)C)cc1. The Morgan fingerprint density at radius 1 is 1.12 bits per heavy atom. The van der Waals surface area contributed by atoms with Crippen molar-refractivity contribution in [2.24, 2.45) is 5.41 Å². The molecule has 2 heterocycles. The van der Waals surface area contributed by atoms with E-state index in [-0.39, 0.29) is 17.7 Å². The number of ketones is 1. The summed E-state index contributed by atoms with van der Waals surface area (Å²) in [6.07, 6.45) is 6.27. The van der Waals surface area contributed by atoms with Gasteiger partial charge in [0.25, 0.3) is 0 Å². The van der Waals surface area contributed by atoms with Gasteiger partial charge in [0.2, 0.25) is 0 Å². The molecule has 3 aromatic rings. The van der Waals surface area contributed by atoms with Crippen LogP contribution in [0.3, 0.4) is 0 Å². The number of thiophene rings is 1. The van der Waals surface area contributed by atoms with Gasteiger partial charge in [0.05, 0.1) is 29.6 Å². The Morgan fingerprint density at radius 3 is 2.36 bits per heavy atom. The van der Waals surface area contributed by atoms with Crippen molar-refractivity contribution in [2.45, 2.75) is 71.8 Å². The first-order valence-electron chi connectivity index (χ1n) is 11.7. The molecule has 2 aromatic heterocycles. The molecule has 0 saturated heterocycles. The van der Waals surface area contributed by atoms with Crippen molar-refractivity contribution in [3.05, 3.63) is 40.8 Å². The first-order valence-corrected chi connectivity index (χ1v) is 12.5. The fraction of sp³-hybridized carbons (Fsp3) is 0.481. The summed E-state index contributed by atoms with van der Waals surface area (Å²) in [5.74, 6) is 0.407. The minimum Gasteiger partial charge on any atom is -0.497 e. The lowest BCUT2D eigenvalue weighted by Gasteiger charge is -2.24. The summed E-state index contributed by atoms with van der Waals surface area (Å²) in [5, 5.41) is 9.70. The van der Waals surface area contributed by atoms with Crippen LogP contribution >= 0.6 is 11.3 Å². The largest absolute Gasteiger partial charge is 0.497 e. The van der Waals surface area contributed by atoms with Gasteiger partial charge in [-0.25, -0.2) is 4.79 Å². The van der Waals surface area contributed by atoms with Crippen molar-refractivity contribution in [3.8, 4) is 17.0 Å². The van der Waals surface area contributed by atoms with Gasteiger partial charge >= 0.3 is 5.97 Å². The van der Waals surface area contributed by atoms with Gasteiger partial charge in [-0.2, -0.15) is 0 Å². The third-order valence-corrected chi connectivity index (χ3v) is 7.57. The van der Waals surface area contributed by atoms with Gasteiger partial charge in [0.15, 0.2) is 5.78 Å². The van der Waals surface area contributed by atoms with Crippen molar-refractivity contribution in [3.63, 3.8) is 0 Å². The van der Waals surface area contributed by atoms with Crippen LogP contribution in [0.15, 0.2) is 30.3 Å². The molecule has 5 nitrogen and oxygen atoms in total. The van der Waals surface area contributed by atoms with Crippen molar-refractivity contribution >= 4 is 33.3 Å². The van der Waals surface area contributed by atoms with Gasteiger partial charge in [0.1, 0.15) is 10.6 Å². The first-order chi connectivity index (χ1) is 15.7. The average molecular weight is 468 g/mol. The van der Waals surface area contributed by atoms with Crippen LogP contribution in [0, 0.1) is 5.41 Å². The number of rotatable bonds is 7. The van der Waals surface area contributed by atoms with Gasteiger partial charge < -0.3 is 14.4 Å². The topological polar surface area (TPSA) is 68.5 Å². The average Bonchev–Trinajstić information content (AvgIpc) is 3.31. The maximum Gasteiger partial charge on any atom is 0.345 e. The minimum atomic E-state index is -0.913. The number of hydrogen-bond donors (Lipinski definition) is 1. The Balaban J connectivity index is 1.93. The molecular weight excluding hydrogens is 434 g/mol. The number of fused-ring (bicyclic) bond motifs is 1. The van der Waals surface area contributed by atoms with Crippen LogP contribution in [0.1, 0.15) is 80.4 Å². The number of carbonyl (C=O) groups excluding carboxylic acids is 1. The van der Waals surface area contributed by atoms with Gasteiger partial charge in [-0.3, -0.25) is 4.79 Å². The lowest BCUT2D eigenvalue weighted by Crippen LogP contribution is -2.18. The van der Waals surface area contributed by atoms with E-state index in [0.29, 0.717) is 17.2 Å². The zero-order valence-corrected chi connectivity index (χ0v) is 20.8. The summed E-state index contributed by atoms with van der Waals surface area (Å²) in [6, 6.07) is 9.75. The number of hydrogen-bond acceptors (Lipinski definition) is 4. The summed E-state index contributed by atoms with van der Waals surface area (Å²) in [7, 11) is 1.65. The number of carboxylic acid groups (broad SMARTS) is 1. The third-order valence-electron chi connectivity index (χ3n) is 6.42. The summed E-state index contributed by atoms with van der Waals surface area (Å²) >= 11 is 1.35. The normalized spacial score (nSPS) is 15.2. The van der Waals surface area contributed by atoms with Crippen LogP contribution < -0.4 is 4.74 Å². The number of Topliss-reactive ketones (excluding diaryl/α,β-unsaturated/α-hetero) is 1. The van der Waals surface area contributed by atoms with E-state index in [0.717, 1.165) is 40.1 Å². The molecule has 33 heavy (non-hydrogen) atoms. The maximum absolute atomic E-state index is 13.1. The van der Waals surface area contributed by atoms with Gasteiger partial charge in [-0.05, 0) is 65.6 Å². The van der Waals surface area contributed by atoms with Crippen LogP contribution in [0.25, 0.3) is 21.5 Å². The Hall–Kier alpha value is -2.60. The highest BCUT2D eigenvalue weighted by atomic mass is 32.1. The molecule has 4 rings (SSSR count). The lowest BCUT2D eigenvalue weighted by atomic mass is 9.83. The number of methoxy groups -OCH3 is 1. The lowest BCUT2D eigenvalue weighted by molar-refractivity contribution is -0.121. The van der Waals surface area contributed by atoms with Crippen molar-refractivity contribution in [1.82, 2.24) is 4.57 Å². The molecule has 176 valence electrons. The molecule has 1 saturated carbocycles. The van der Waals surface area contributed by atoms with E-state index in [4.69, 9.17) is 4.74 Å². The molecular formula is C27H33NO4S. The highest BCUT2D eigenvalue weighted by Gasteiger charge is 2.30. The van der Waals surface area contributed by atoms with Crippen molar-refractivity contribution in [2.75, 3.05) is 7.11 Å². The predicted molar refractivity (Wildman–Crippen MR) is 134 cm³/mol. The van der Waals surface area contributed by atoms with Gasteiger partial charge in [-0.15, -0.1) is 11.3 Å². The van der Waals surface area contributed by atoms with Crippen LogP contribution in [0.5, 0.6) is 5.75 Å². The van der Waals surface area contributed by atoms with E-state index in [9.17, 15) is 14.7 Å². The number of benzene rings is 1. The van der Waals surface area contributed by atoms with Crippen molar-refractivity contribution < 1.29 is 19.4 Å². The molecule has 6 heteroatoms. The Morgan fingerprint density at radius 2 is 1.79 bits per heavy atom. The number of aromatic carboxylic acids is 1. The van der Waals surface area contributed by atoms with E-state index in [1.165, 1.54) is 36.2 Å². The van der Waals surface area contributed by atoms with Crippen LogP contribution in [0.4, 0.5) is 0 Å². The number of carbonyl (C=O) groups is 2. The monoisotopic (exact) mass is 467 g/mol. The molecule has 0 aliphatic heterocycles. The fourth-order valence-corrected chi connectivity index (χ4v) is 6.20. The maximum atomic E-state index is 13.1. The molecule has 0 radical (unpaired) electrons. The number of ether oxygens (including phenoxy) is 1. The number of aromatic nitrogens is 1. The second-order valence-electron chi connectivity index (χ2n) is 10.3. The molecule has 0 atom stereocenters. The molecule has 0 bridgehead atoms. The smallest absolute Gasteiger partial charge is 0.345 e. The van der Waals surface area contributed by atoms with Gasteiger partial charge in [-0.1, -0.05) is 40.0 Å². The molecule has 1 fully saturated rings. The summed E-state index contributed by atoms with van der Waals surface area (Å²) < 4.78 is 8.47. The van der Waals surface area contributed by atoms with Crippen LogP contribution in [-0.2, 0) is 11.3 Å².